The Balaban J connectivity index is 2.73. The molecule has 2 nitrogen and oxygen atoms in total. The molecule has 0 aliphatic carbocycles. The molecule has 1 aromatic carbocycles. The molecular weight excluding hydrogens is 332 g/mol. The predicted molar refractivity (Wildman–Crippen MR) is 86.1 cm³/mol. The lowest BCUT2D eigenvalue weighted by Crippen LogP contribution is -2.33. The van der Waals surface area contributed by atoms with Crippen LogP contribution in [0.15, 0.2) is 22.7 Å². The van der Waals surface area contributed by atoms with Gasteiger partial charge in [0.15, 0.2) is 0 Å². The predicted octanol–water partition coefficient (Wildman–Crippen LogP) is 3.99. The smallest absolute Gasteiger partial charge is 0.0740 e. The number of benzene rings is 1. The highest BCUT2D eigenvalue weighted by Gasteiger charge is 2.12. The van der Waals surface area contributed by atoms with E-state index in [4.69, 9.17) is 29.6 Å². The molecule has 5 heteroatoms. The average Bonchev–Trinajstić information content (AvgIpc) is 2.26. The van der Waals surface area contributed by atoms with Gasteiger partial charge in [-0.05, 0) is 31.5 Å². The van der Waals surface area contributed by atoms with E-state index in [1.54, 1.807) is 0 Å². The number of nitrogens with two attached hydrogens (primary N) is 1. The number of thiocarbonyl (C=S) groups is 1. The molecule has 0 amide bonds. The Morgan fingerprint density at radius 1 is 1.50 bits per heavy atom. The van der Waals surface area contributed by atoms with Crippen LogP contribution in [0.4, 0.5) is 0 Å². The molecule has 18 heavy (non-hydrogen) atoms. The van der Waals surface area contributed by atoms with E-state index in [-0.39, 0.29) is 0 Å². The first-order chi connectivity index (χ1) is 8.40. The summed E-state index contributed by atoms with van der Waals surface area (Å²) in [5.74, 6) is 0. The van der Waals surface area contributed by atoms with E-state index in [2.05, 4.69) is 34.7 Å². The third kappa shape index (κ3) is 5.22. The van der Waals surface area contributed by atoms with Crippen LogP contribution in [-0.4, -0.2) is 22.5 Å². The third-order valence-electron chi connectivity index (χ3n) is 2.76. The Kier molecular flexibility index (Phi) is 6.57. The lowest BCUT2D eigenvalue weighted by molar-refractivity contribution is 0.219. The average molecular weight is 350 g/mol. The molecule has 0 spiro atoms. The standard InChI is InChI=1S/C13H18BrClN2S/c1-9(2)17(6-5-13(16)18)8-10-3-4-11(14)7-12(10)15/h3-4,7,9H,5-6,8H2,1-2H3,(H2,16,18). The maximum Gasteiger partial charge on any atom is 0.0740 e. The van der Waals surface area contributed by atoms with Crippen LogP contribution in [0.2, 0.25) is 5.02 Å². The molecule has 1 aromatic rings. The lowest BCUT2D eigenvalue weighted by Gasteiger charge is -2.26. The first-order valence-corrected chi connectivity index (χ1v) is 7.44. The molecule has 0 atom stereocenters. The van der Waals surface area contributed by atoms with Gasteiger partial charge in [0.05, 0.1) is 4.99 Å². The molecule has 2 N–H and O–H groups in total. The van der Waals surface area contributed by atoms with Gasteiger partial charge in [0.1, 0.15) is 0 Å². The monoisotopic (exact) mass is 348 g/mol. The summed E-state index contributed by atoms with van der Waals surface area (Å²) in [4.78, 5) is 2.87. The summed E-state index contributed by atoms with van der Waals surface area (Å²) < 4.78 is 0.996. The number of rotatable bonds is 6. The normalized spacial score (nSPS) is 11.2. The van der Waals surface area contributed by atoms with Crippen LogP contribution in [0.5, 0.6) is 0 Å². The third-order valence-corrected chi connectivity index (χ3v) is 3.81. The molecule has 0 aromatic heterocycles. The van der Waals surface area contributed by atoms with Gasteiger partial charge < -0.3 is 5.73 Å². The highest BCUT2D eigenvalue weighted by atomic mass is 79.9. The summed E-state index contributed by atoms with van der Waals surface area (Å²) in [5, 5.41) is 0.783. The van der Waals surface area contributed by atoms with Gasteiger partial charge in [0, 0.05) is 35.0 Å². The Hall–Kier alpha value is -0.160. The molecule has 0 saturated heterocycles. The molecule has 0 saturated carbocycles. The zero-order chi connectivity index (χ0) is 13.7. The second-order valence-electron chi connectivity index (χ2n) is 4.52. The van der Waals surface area contributed by atoms with Crippen LogP contribution in [0.1, 0.15) is 25.8 Å². The SMILES string of the molecule is CC(C)N(CCC(N)=S)Cc1ccc(Br)cc1Cl. The minimum absolute atomic E-state index is 0.430. The van der Waals surface area contributed by atoms with Crippen molar-refractivity contribution in [2.75, 3.05) is 6.54 Å². The molecule has 0 radical (unpaired) electrons. The zero-order valence-electron chi connectivity index (χ0n) is 10.6. The maximum atomic E-state index is 6.23. The van der Waals surface area contributed by atoms with Crippen molar-refractivity contribution in [2.45, 2.75) is 32.9 Å². The van der Waals surface area contributed by atoms with Gasteiger partial charge in [-0.3, -0.25) is 4.90 Å². The largest absolute Gasteiger partial charge is 0.393 e. The van der Waals surface area contributed by atoms with Crippen molar-refractivity contribution in [3.63, 3.8) is 0 Å². The molecule has 1 rings (SSSR count). The Bertz CT molecular complexity index is 423. The van der Waals surface area contributed by atoms with Gasteiger partial charge in [0.25, 0.3) is 0 Å². The molecule has 100 valence electrons. The molecule has 0 fully saturated rings. The van der Waals surface area contributed by atoms with E-state index < -0.39 is 0 Å². The first-order valence-electron chi connectivity index (χ1n) is 5.86. The number of hydrogen-bond acceptors (Lipinski definition) is 2. The topological polar surface area (TPSA) is 29.3 Å². The number of halogens is 2. The van der Waals surface area contributed by atoms with Crippen LogP contribution in [0.3, 0.4) is 0 Å². The summed E-state index contributed by atoms with van der Waals surface area (Å²) in [6, 6.07) is 6.40. The Labute approximate surface area is 128 Å². The van der Waals surface area contributed by atoms with E-state index in [0.717, 1.165) is 34.6 Å². The van der Waals surface area contributed by atoms with Crippen molar-refractivity contribution >= 4 is 44.7 Å². The summed E-state index contributed by atoms with van der Waals surface area (Å²) in [6.07, 6.45) is 0.738. The van der Waals surface area contributed by atoms with Crippen LogP contribution < -0.4 is 5.73 Å². The first kappa shape index (κ1) is 15.9. The summed E-state index contributed by atoms with van der Waals surface area (Å²) in [5.41, 5.74) is 6.68. The molecule has 0 heterocycles. The van der Waals surface area contributed by atoms with E-state index in [9.17, 15) is 0 Å². The highest BCUT2D eigenvalue weighted by molar-refractivity contribution is 9.10. The van der Waals surface area contributed by atoms with Crippen molar-refractivity contribution in [3.8, 4) is 0 Å². The van der Waals surface area contributed by atoms with Gasteiger partial charge in [0.2, 0.25) is 0 Å². The fourth-order valence-electron chi connectivity index (χ4n) is 1.64. The summed E-state index contributed by atoms with van der Waals surface area (Å²) in [6.45, 7) is 5.99. The molecule has 0 aliphatic heterocycles. The van der Waals surface area contributed by atoms with E-state index in [0.29, 0.717) is 11.0 Å². The van der Waals surface area contributed by atoms with Crippen molar-refractivity contribution in [3.05, 3.63) is 33.3 Å². The van der Waals surface area contributed by atoms with Gasteiger partial charge in [-0.2, -0.15) is 0 Å². The van der Waals surface area contributed by atoms with Crippen molar-refractivity contribution < 1.29 is 0 Å². The van der Waals surface area contributed by atoms with Crippen LogP contribution in [0, 0.1) is 0 Å². The lowest BCUT2D eigenvalue weighted by atomic mass is 10.2. The van der Waals surface area contributed by atoms with Crippen LogP contribution in [0.25, 0.3) is 0 Å². The minimum atomic E-state index is 0.430. The van der Waals surface area contributed by atoms with Gasteiger partial charge in [-0.25, -0.2) is 0 Å². The van der Waals surface area contributed by atoms with Crippen molar-refractivity contribution in [1.82, 2.24) is 4.90 Å². The Morgan fingerprint density at radius 2 is 2.17 bits per heavy atom. The van der Waals surface area contributed by atoms with Gasteiger partial charge in [-0.15, -0.1) is 0 Å². The van der Waals surface area contributed by atoms with Crippen molar-refractivity contribution in [2.24, 2.45) is 5.73 Å². The molecular formula is C13H18BrClN2S. The van der Waals surface area contributed by atoms with E-state index in [1.807, 2.05) is 18.2 Å². The van der Waals surface area contributed by atoms with Crippen LogP contribution >= 0.6 is 39.7 Å². The van der Waals surface area contributed by atoms with E-state index >= 15 is 0 Å². The highest BCUT2D eigenvalue weighted by Crippen LogP contribution is 2.23. The minimum Gasteiger partial charge on any atom is -0.393 e. The molecule has 0 unspecified atom stereocenters. The summed E-state index contributed by atoms with van der Waals surface area (Å²) >= 11 is 14.6. The van der Waals surface area contributed by atoms with Gasteiger partial charge in [-0.1, -0.05) is 45.8 Å². The quantitative estimate of drug-likeness (QED) is 0.787. The van der Waals surface area contributed by atoms with Crippen molar-refractivity contribution in [1.29, 1.82) is 0 Å². The fraction of sp³-hybridized carbons (Fsp3) is 0.462. The van der Waals surface area contributed by atoms with Crippen LogP contribution in [-0.2, 0) is 6.54 Å². The second-order valence-corrected chi connectivity index (χ2v) is 6.36. The van der Waals surface area contributed by atoms with E-state index in [1.165, 1.54) is 0 Å². The summed E-state index contributed by atoms with van der Waals surface area (Å²) in [7, 11) is 0. The maximum absolute atomic E-state index is 6.23. The van der Waals surface area contributed by atoms with Gasteiger partial charge >= 0.3 is 0 Å². The second kappa shape index (κ2) is 7.43. The number of hydrogen-bond donors (Lipinski definition) is 1. The molecule has 0 bridgehead atoms. The number of nitrogens with zero attached hydrogens (tertiary/aromatic N) is 1. The Morgan fingerprint density at radius 3 is 2.67 bits per heavy atom. The molecule has 0 aliphatic rings. The zero-order valence-corrected chi connectivity index (χ0v) is 13.8. The fourth-order valence-corrected chi connectivity index (χ4v) is 2.47.